The van der Waals surface area contributed by atoms with Crippen LogP contribution < -0.4 is 4.74 Å². The monoisotopic (exact) mass is 355 g/mol. The zero-order valence-corrected chi connectivity index (χ0v) is 14.8. The topological polar surface area (TPSA) is 87.1 Å². The standard InChI is InChI=1S/C17H25NO5S/c1-23-15-6-7-16(14-5-3-2-4-13(14)15)24(21,22)18-10-8-17(20,12-19)9-11-18/h6-7,19-20H,2-5,8-12H2,1H3. The molecule has 1 heterocycles. The van der Waals surface area contributed by atoms with Gasteiger partial charge in [-0.15, -0.1) is 0 Å². The van der Waals surface area contributed by atoms with Gasteiger partial charge in [0.25, 0.3) is 0 Å². The molecule has 0 amide bonds. The Kier molecular flexibility index (Phi) is 4.88. The molecule has 3 rings (SSSR count). The molecule has 7 heteroatoms. The molecule has 24 heavy (non-hydrogen) atoms. The Morgan fingerprint density at radius 2 is 1.79 bits per heavy atom. The minimum atomic E-state index is -3.60. The van der Waals surface area contributed by atoms with E-state index in [9.17, 15) is 18.6 Å². The third kappa shape index (κ3) is 3.06. The van der Waals surface area contributed by atoms with Crippen molar-refractivity contribution in [2.45, 2.75) is 49.0 Å². The average Bonchev–Trinajstić information content (AvgIpc) is 2.61. The summed E-state index contributed by atoms with van der Waals surface area (Å²) in [6.07, 6.45) is 4.11. The number of methoxy groups -OCH3 is 1. The Bertz CT molecular complexity index is 708. The lowest BCUT2D eigenvalue weighted by atomic mass is 9.91. The van der Waals surface area contributed by atoms with E-state index in [-0.39, 0.29) is 32.5 Å². The molecule has 0 saturated carbocycles. The lowest BCUT2D eigenvalue weighted by Crippen LogP contribution is -2.48. The lowest BCUT2D eigenvalue weighted by Gasteiger charge is -2.36. The Balaban J connectivity index is 1.94. The second-order valence-electron chi connectivity index (χ2n) is 6.72. The predicted molar refractivity (Wildman–Crippen MR) is 89.7 cm³/mol. The van der Waals surface area contributed by atoms with Crippen LogP contribution in [0.5, 0.6) is 5.75 Å². The molecule has 2 N–H and O–H groups in total. The van der Waals surface area contributed by atoms with E-state index in [0.717, 1.165) is 42.6 Å². The summed E-state index contributed by atoms with van der Waals surface area (Å²) in [6.45, 7) is 0.110. The number of rotatable bonds is 4. The highest BCUT2D eigenvalue weighted by molar-refractivity contribution is 7.89. The van der Waals surface area contributed by atoms with Crippen molar-refractivity contribution < 1.29 is 23.4 Å². The first-order chi connectivity index (χ1) is 11.4. The van der Waals surface area contributed by atoms with Gasteiger partial charge in [0.05, 0.1) is 24.2 Å². The summed E-state index contributed by atoms with van der Waals surface area (Å²) in [5.41, 5.74) is 0.725. The van der Waals surface area contributed by atoms with E-state index in [4.69, 9.17) is 4.74 Å². The van der Waals surface area contributed by atoms with Crippen LogP contribution in [-0.2, 0) is 22.9 Å². The SMILES string of the molecule is COc1ccc(S(=O)(=O)N2CCC(O)(CO)CC2)c2c1CCCC2. The van der Waals surface area contributed by atoms with Crippen LogP contribution in [0.1, 0.15) is 36.8 Å². The van der Waals surface area contributed by atoms with Crippen LogP contribution in [0.25, 0.3) is 0 Å². The van der Waals surface area contributed by atoms with Crippen LogP contribution in [0, 0.1) is 0 Å². The number of aliphatic hydroxyl groups is 2. The second-order valence-corrected chi connectivity index (χ2v) is 8.62. The van der Waals surface area contributed by atoms with Crippen molar-refractivity contribution in [1.29, 1.82) is 0 Å². The van der Waals surface area contributed by atoms with Gasteiger partial charge in [-0.05, 0) is 61.8 Å². The molecule has 1 aromatic rings. The number of sulfonamides is 1. The molecule has 2 aliphatic rings. The van der Waals surface area contributed by atoms with Gasteiger partial charge in [-0.3, -0.25) is 0 Å². The third-order valence-electron chi connectivity index (χ3n) is 5.23. The molecular weight excluding hydrogens is 330 g/mol. The van der Waals surface area contributed by atoms with Crippen molar-refractivity contribution in [3.63, 3.8) is 0 Å². The van der Waals surface area contributed by atoms with E-state index in [1.807, 2.05) is 0 Å². The van der Waals surface area contributed by atoms with Crippen molar-refractivity contribution in [3.8, 4) is 5.75 Å². The van der Waals surface area contributed by atoms with E-state index in [2.05, 4.69) is 0 Å². The first-order valence-electron chi connectivity index (χ1n) is 8.43. The van der Waals surface area contributed by atoms with Gasteiger partial charge in [-0.1, -0.05) is 0 Å². The van der Waals surface area contributed by atoms with E-state index in [0.29, 0.717) is 4.90 Å². The Morgan fingerprint density at radius 3 is 2.38 bits per heavy atom. The first-order valence-corrected chi connectivity index (χ1v) is 9.87. The number of aliphatic hydroxyl groups excluding tert-OH is 1. The number of hydrogen-bond acceptors (Lipinski definition) is 5. The zero-order valence-electron chi connectivity index (χ0n) is 14.0. The minimum Gasteiger partial charge on any atom is -0.496 e. The number of hydrogen-bond donors (Lipinski definition) is 2. The minimum absolute atomic E-state index is 0.222. The molecule has 0 unspecified atom stereocenters. The quantitative estimate of drug-likeness (QED) is 0.844. The van der Waals surface area contributed by atoms with Crippen LogP contribution in [0.15, 0.2) is 17.0 Å². The molecule has 0 radical (unpaired) electrons. The van der Waals surface area contributed by atoms with Gasteiger partial charge >= 0.3 is 0 Å². The highest BCUT2D eigenvalue weighted by Gasteiger charge is 2.38. The Labute approximate surface area is 143 Å². The van der Waals surface area contributed by atoms with E-state index >= 15 is 0 Å². The maximum absolute atomic E-state index is 13.1. The van der Waals surface area contributed by atoms with Crippen LogP contribution in [0.2, 0.25) is 0 Å². The molecule has 0 aromatic heterocycles. The molecule has 1 fully saturated rings. The fraction of sp³-hybridized carbons (Fsp3) is 0.647. The number of ether oxygens (including phenoxy) is 1. The first kappa shape index (κ1) is 17.7. The highest BCUT2D eigenvalue weighted by Crippen LogP contribution is 2.36. The van der Waals surface area contributed by atoms with E-state index < -0.39 is 15.6 Å². The summed E-state index contributed by atoms with van der Waals surface area (Å²) in [6, 6.07) is 3.39. The van der Waals surface area contributed by atoms with Crippen molar-refractivity contribution in [3.05, 3.63) is 23.3 Å². The molecule has 0 atom stereocenters. The zero-order chi connectivity index (χ0) is 17.4. The largest absolute Gasteiger partial charge is 0.496 e. The summed E-state index contributed by atoms with van der Waals surface area (Å²) in [7, 11) is -1.99. The number of piperidine rings is 1. The maximum atomic E-state index is 13.1. The summed E-state index contributed by atoms with van der Waals surface area (Å²) in [5.74, 6) is 0.761. The fourth-order valence-electron chi connectivity index (χ4n) is 3.67. The van der Waals surface area contributed by atoms with Gasteiger partial charge in [0.15, 0.2) is 0 Å². The Morgan fingerprint density at radius 1 is 1.17 bits per heavy atom. The van der Waals surface area contributed by atoms with Gasteiger partial charge in [-0.25, -0.2) is 8.42 Å². The second kappa shape index (κ2) is 6.63. The maximum Gasteiger partial charge on any atom is 0.243 e. The summed E-state index contributed by atoms with van der Waals surface area (Å²) in [5, 5.41) is 19.3. The molecule has 6 nitrogen and oxygen atoms in total. The molecule has 0 bridgehead atoms. The predicted octanol–water partition coefficient (Wildman–Crippen LogP) is 1.08. The van der Waals surface area contributed by atoms with E-state index in [1.165, 1.54) is 4.31 Å². The fourth-order valence-corrected chi connectivity index (χ4v) is 5.39. The van der Waals surface area contributed by atoms with Gasteiger partial charge in [0.1, 0.15) is 5.75 Å². The highest BCUT2D eigenvalue weighted by atomic mass is 32.2. The van der Waals surface area contributed by atoms with Gasteiger partial charge in [0.2, 0.25) is 10.0 Å². The number of nitrogens with zero attached hydrogens (tertiary/aromatic N) is 1. The van der Waals surface area contributed by atoms with Crippen LogP contribution in [0.4, 0.5) is 0 Å². The number of benzene rings is 1. The number of fused-ring (bicyclic) bond motifs is 1. The summed E-state index contributed by atoms with van der Waals surface area (Å²) < 4.78 is 33.0. The van der Waals surface area contributed by atoms with E-state index in [1.54, 1.807) is 19.2 Å². The smallest absolute Gasteiger partial charge is 0.243 e. The molecule has 134 valence electrons. The molecule has 1 aromatic carbocycles. The van der Waals surface area contributed by atoms with Gasteiger partial charge in [-0.2, -0.15) is 4.31 Å². The summed E-state index contributed by atoms with van der Waals surface area (Å²) in [4.78, 5) is 0.368. The van der Waals surface area contributed by atoms with Crippen molar-refractivity contribution >= 4 is 10.0 Å². The van der Waals surface area contributed by atoms with Crippen LogP contribution in [0.3, 0.4) is 0 Å². The van der Waals surface area contributed by atoms with Gasteiger partial charge < -0.3 is 14.9 Å². The van der Waals surface area contributed by atoms with Crippen LogP contribution in [-0.4, -0.2) is 55.3 Å². The molecule has 1 aliphatic heterocycles. The molecule has 1 saturated heterocycles. The van der Waals surface area contributed by atoms with Crippen molar-refractivity contribution in [2.75, 3.05) is 26.8 Å². The van der Waals surface area contributed by atoms with Crippen molar-refractivity contribution in [1.82, 2.24) is 4.31 Å². The lowest BCUT2D eigenvalue weighted by molar-refractivity contribution is -0.0480. The molecule has 0 spiro atoms. The molecular formula is C17H25NO5S. The third-order valence-corrected chi connectivity index (χ3v) is 7.22. The summed E-state index contributed by atoms with van der Waals surface area (Å²) >= 11 is 0. The average molecular weight is 355 g/mol. The van der Waals surface area contributed by atoms with Gasteiger partial charge in [0, 0.05) is 13.1 Å². The molecule has 1 aliphatic carbocycles. The van der Waals surface area contributed by atoms with Crippen LogP contribution >= 0.6 is 0 Å². The normalized spacial score (nSPS) is 21.3. The van der Waals surface area contributed by atoms with Crippen molar-refractivity contribution in [2.24, 2.45) is 0 Å². The Hall–Kier alpha value is -1.15.